The number of hydrogen-bond donors (Lipinski definition) is 0. The summed E-state index contributed by atoms with van der Waals surface area (Å²) in [6.45, 7) is 0. The second kappa shape index (κ2) is 27.2. The van der Waals surface area contributed by atoms with Gasteiger partial charge in [0.1, 0.15) is 0 Å². The summed E-state index contributed by atoms with van der Waals surface area (Å²) in [5.41, 5.74) is 0. The van der Waals surface area contributed by atoms with Crippen molar-refractivity contribution in [2.75, 3.05) is 0 Å². The largest absolute Gasteiger partial charge is 0.187 e. The molecule has 0 radical (unpaired) electrons. The number of halogens is 2. The highest BCUT2D eigenvalue weighted by molar-refractivity contribution is 5.85. The Morgan fingerprint density at radius 1 is 0.750 bits per heavy atom. The molecule has 30 valence electrons. The molecule has 0 unspecified atom stereocenters. The maximum Gasteiger partial charge on any atom is 0.187 e. The van der Waals surface area contributed by atoms with E-state index < -0.39 is 0 Å². The summed E-state index contributed by atoms with van der Waals surface area (Å²) in [5, 5.41) is 0. The molecule has 0 saturated heterocycles. The van der Waals surface area contributed by atoms with Crippen molar-refractivity contribution in [2.24, 2.45) is 0 Å². The van der Waals surface area contributed by atoms with E-state index in [1.807, 2.05) is 0 Å². The van der Waals surface area contributed by atoms with Gasteiger partial charge < -0.3 is 0 Å². The Bertz CT molecular complexity index is 6.00. The van der Waals surface area contributed by atoms with Crippen LogP contribution in [0.2, 0.25) is 0 Å². The van der Waals surface area contributed by atoms with Gasteiger partial charge in [0.2, 0.25) is 0 Å². The SMILES string of the molecule is Cl.Cl.[AlH3].[SiH4]. The number of hydrogen-bond acceptors (Lipinski definition) is 0. The maximum atomic E-state index is 0. The summed E-state index contributed by atoms with van der Waals surface area (Å²) in [6, 6.07) is 0. The third kappa shape index (κ3) is 10.2. The smallest absolute Gasteiger partial charge is 0.147 e. The second-order valence-electron chi connectivity index (χ2n) is 0. The molecule has 0 spiro atoms. The summed E-state index contributed by atoms with van der Waals surface area (Å²) in [7, 11) is 0. The Morgan fingerprint density at radius 3 is 0.750 bits per heavy atom. The molecular weight excluding hydrogens is 126 g/mol. The molecule has 0 fully saturated rings. The molecule has 0 nitrogen and oxygen atoms in total. The molecule has 0 amide bonds. The van der Waals surface area contributed by atoms with Gasteiger partial charge >= 0.3 is 0 Å². The third-order valence-corrected chi connectivity index (χ3v) is 0. The standard InChI is InChI=1S/Al.2ClH.H4Si.3H/h;2*1H;1H4;;;. The van der Waals surface area contributed by atoms with Crippen molar-refractivity contribution in [3.8, 4) is 0 Å². The lowest BCUT2D eigenvalue weighted by molar-refractivity contribution is 5.75. The highest BCUT2D eigenvalue weighted by Crippen LogP contribution is 0.691. The second-order valence-corrected chi connectivity index (χ2v) is 0. The van der Waals surface area contributed by atoms with Crippen LogP contribution in [0.3, 0.4) is 0 Å². The predicted molar refractivity (Wildman–Crippen MR) is 35.8 cm³/mol. The molecule has 0 heterocycles. The van der Waals surface area contributed by atoms with Gasteiger partial charge in [0.25, 0.3) is 0 Å². The molecule has 0 N–H and O–H groups in total. The summed E-state index contributed by atoms with van der Waals surface area (Å²) < 4.78 is 0. The Hall–Kier alpha value is 1.33. The van der Waals surface area contributed by atoms with Crippen LogP contribution in [0.4, 0.5) is 0 Å². The lowest BCUT2D eigenvalue weighted by Crippen LogP contribution is -0.382. The van der Waals surface area contributed by atoms with Crippen LogP contribution in [0.15, 0.2) is 0 Å². The van der Waals surface area contributed by atoms with Crippen molar-refractivity contribution in [1.29, 1.82) is 0 Å². The van der Waals surface area contributed by atoms with E-state index in [2.05, 4.69) is 0 Å². The topological polar surface area (TPSA) is 0 Å². The molecule has 0 rings (SSSR count). The average molecular weight is 135 g/mol. The fourth-order valence-electron chi connectivity index (χ4n) is 0. The summed E-state index contributed by atoms with van der Waals surface area (Å²) in [6.07, 6.45) is 0. The van der Waals surface area contributed by atoms with E-state index in [9.17, 15) is 0 Å². The molecule has 0 aliphatic rings. The molecular formula is H9AlCl2Si. The van der Waals surface area contributed by atoms with Crippen LogP contribution in [0.5, 0.6) is 0 Å². The fraction of sp³-hybridized carbons (Fsp3) is 0. The molecule has 4 heavy (non-hydrogen) atoms. The van der Waals surface area contributed by atoms with Crippen molar-refractivity contribution in [2.45, 2.75) is 0 Å². The van der Waals surface area contributed by atoms with E-state index in [0.29, 0.717) is 0 Å². The van der Waals surface area contributed by atoms with Gasteiger partial charge in [-0.2, -0.15) is 0 Å². The van der Waals surface area contributed by atoms with Gasteiger partial charge in [-0.15, -0.1) is 24.8 Å². The Kier molecular flexibility index (Phi) is 384. The predicted octanol–water partition coefficient (Wildman–Crippen LogP) is -1.79. The van der Waals surface area contributed by atoms with E-state index in [-0.39, 0.29) is 53.1 Å². The van der Waals surface area contributed by atoms with E-state index in [1.54, 1.807) is 0 Å². The molecule has 0 aromatic carbocycles. The van der Waals surface area contributed by atoms with Crippen molar-refractivity contribution < 1.29 is 0 Å². The molecule has 0 aromatic rings. The van der Waals surface area contributed by atoms with Crippen LogP contribution in [-0.4, -0.2) is 28.3 Å². The van der Waals surface area contributed by atoms with Gasteiger partial charge in [-0.05, 0) is 11.0 Å². The number of rotatable bonds is 0. The van der Waals surface area contributed by atoms with Crippen LogP contribution < -0.4 is 0 Å². The highest BCUT2D eigenvalue weighted by Gasteiger charge is 0.187. The Labute approximate surface area is 53.3 Å². The molecule has 0 bridgehead atoms. The van der Waals surface area contributed by atoms with Crippen molar-refractivity contribution >= 4 is 53.1 Å². The zero-order valence-corrected chi connectivity index (χ0v) is 2.45. The van der Waals surface area contributed by atoms with Crippen molar-refractivity contribution in [3.05, 3.63) is 0 Å². The quantitative estimate of drug-likeness (QED) is 0.344. The summed E-state index contributed by atoms with van der Waals surface area (Å²) in [5.74, 6) is 0. The molecule has 0 aromatic heterocycles. The lowest BCUT2D eigenvalue weighted by atomic mass is 27.0. The molecule has 0 aliphatic heterocycles. The van der Waals surface area contributed by atoms with Gasteiger partial charge in [0, 0.05) is 0 Å². The van der Waals surface area contributed by atoms with E-state index in [0.717, 1.165) is 0 Å². The minimum atomic E-state index is 0. The average Bonchev–Trinajstić information content (AvgIpc) is 0. The molecule has 0 atom stereocenters. The highest BCUT2D eigenvalue weighted by atomic mass is 35.5. The van der Waals surface area contributed by atoms with Gasteiger partial charge in [0.05, 0.1) is 0 Å². The zero-order chi connectivity index (χ0) is 0. The Balaban J connectivity index is 0. The van der Waals surface area contributed by atoms with Crippen LogP contribution in [0.25, 0.3) is 0 Å². The first kappa shape index (κ1) is 56.5. The monoisotopic (exact) mass is 134 g/mol. The van der Waals surface area contributed by atoms with E-state index in [4.69, 9.17) is 0 Å². The van der Waals surface area contributed by atoms with Gasteiger partial charge in [-0.1, -0.05) is 0 Å². The van der Waals surface area contributed by atoms with Crippen LogP contribution in [-0.2, 0) is 0 Å². The first-order valence-corrected chi connectivity index (χ1v) is 0. The Morgan fingerprint density at radius 2 is 0.750 bits per heavy atom. The normalized spacial score (nSPS) is 0. The fourth-order valence-corrected chi connectivity index (χ4v) is 0. The van der Waals surface area contributed by atoms with E-state index in [1.165, 1.54) is 0 Å². The molecule has 0 aliphatic carbocycles. The van der Waals surface area contributed by atoms with Crippen molar-refractivity contribution in [3.63, 3.8) is 0 Å². The first-order valence-electron chi connectivity index (χ1n) is 0. The molecule has 0 saturated carbocycles. The minimum Gasteiger partial charge on any atom is -0.147 e. The minimum absolute atomic E-state index is 0. The van der Waals surface area contributed by atoms with E-state index >= 15 is 0 Å². The third-order valence-electron chi connectivity index (χ3n) is 0. The van der Waals surface area contributed by atoms with Gasteiger partial charge in [0.15, 0.2) is 17.4 Å². The van der Waals surface area contributed by atoms with Crippen LogP contribution >= 0.6 is 24.8 Å². The van der Waals surface area contributed by atoms with Gasteiger partial charge in [-0.3, -0.25) is 0 Å². The first-order chi connectivity index (χ1) is 0. The van der Waals surface area contributed by atoms with Crippen LogP contribution in [0, 0.1) is 0 Å². The van der Waals surface area contributed by atoms with Crippen LogP contribution in [0.1, 0.15) is 0 Å². The lowest BCUT2D eigenvalue weighted by Gasteiger charge is -0.148. The summed E-state index contributed by atoms with van der Waals surface area (Å²) in [4.78, 5) is 0. The molecule has 4 heteroatoms. The van der Waals surface area contributed by atoms with Crippen molar-refractivity contribution in [1.82, 2.24) is 0 Å². The zero-order valence-electron chi connectivity index (χ0n) is 0.816. The summed E-state index contributed by atoms with van der Waals surface area (Å²) >= 11 is 0. The van der Waals surface area contributed by atoms with Gasteiger partial charge in [-0.25, -0.2) is 0 Å². The maximum absolute atomic E-state index is 0.